The lowest BCUT2D eigenvalue weighted by Crippen LogP contribution is -2.54. The first kappa shape index (κ1) is 44.3. The molecule has 7 heterocycles. The van der Waals surface area contributed by atoms with Crippen molar-refractivity contribution < 1.29 is 42.2 Å². The van der Waals surface area contributed by atoms with E-state index in [1.54, 1.807) is 35.3 Å². The number of ether oxygens (including phenoxy) is 2. The van der Waals surface area contributed by atoms with Gasteiger partial charge in [0.2, 0.25) is 17.7 Å². The summed E-state index contributed by atoms with van der Waals surface area (Å²) >= 11 is 0. The Morgan fingerprint density at radius 1 is 1.00 bits per heavy atom. The fraction of sp³-hybridized carbons (Fsp3) is 0.444. The van der Waals surface area contributed by atoms with Crippen molar-refractivity contribution in [1.82, 2.24) is 44.5 Å². The van der Waals surface area contributed by atoms with Crippen molar-refractivity contribution in [3.63, 3.8) is 0 Å². The molecule has 0 spiro atoms. The number of carbonyl (C=O) groups excluding carboxylic acids is 5. The number of carbonyl (C=O) groups is 5. The number of aromatic nitrogens is 6. The molecule has 3 fully saturated rings. The molecule has 19 nitrogen and oxygen atoms in total. The highest BCUT2D eigenvalue weighted by atomic mass is 19.3. The normalized spacial score (nSPS) is 20.0. The molecule has 9 rings (SSSR count). The second-order valence-corrected chi connectivity index (χ2v) is 17.1. The number of pyridine rings is 1. The fourth-order valence-electron chi connectivity index (χ4n) is 9.16. The van der Waals surface area contributed by atoms with Crippen molar-refractivity contribution in [1.29, 1.82) is 0 Å². The zero-order valence-electron chi connectivity index (χ0n) is 36.3. The molecule has 1 saturated carbocycles. The van der Waals surface area contributed by atoms with E-state index in [1.165, 1.54) is 16.9 Å². The van der Waals surface area contributed by atoms with Crippen LogP contribution in [0.1, 0.15) is 99.7 Å². The van der Waals surface area contributed by atoms with Crippen LogP contribution in [0.25, 0.3) is 5.65 Å². The van der Waals surface area contributed by atoms with Gasteiger partial charge in [-0.2, -0.15) is 10.2 Å². The maximum Gasteiger partial charge on any atom is 0.284 e. The fourth-order valence-corrected chi connectivity index (χ4v) is 9.16. The average Bonchev–Trinajstić information content (AvgIpc) is 4.01. The molecule has 4 aromatic heterocycles. The van der Waals surface area contributed by atoms with E-state index in [0.29, 0.717) is 81.4 Å². The number of anilines is 3. The van der Waals surface area contributed by atoms with Crippen LogP contribution < -0.4 is 25.6 Å². The van der Waals surface area contributed by atoms with Crippen molar-refractivity contribution in [2.75, 3.05) is 68.6 Å². The van der Waals surface area contributed by atoms with Crippen LogP contribution in [0.4, 0.5) is 26.0 Å². The number of benzene rings is 1. The molecule has 1 unspecified atom stereocenters. The highest BCUT2D eigenvalue weighted by molar-refractivity contribution is 6.25. The molecule has 5 amide bonds. The van der Waals surface area contributed by atoms with Crippen molar-refractivity contribution >= 4 is 52.4 Å². The first-order chi connectivity index (χ1) is 32.0. The van der Waals surface area contributed by atoms with E-state index < -0.39 is 47.7 Å². The SMILES string of the molecule is CN(Cc1ccc(OCCCNc2cccc3c2C(=O)N(C2CCC(=O)NC2=O)C3=O)nc1)C[C@H]1CC[C@H](n2cc(NC(=O)c3cnn4ccc(N5CCOCC5)nc34)c(C(F)F)n2)CC1. The Balaban J connectivity index is 0.711. The second kappa shape index (κ2) is 19.3. The molecule has 1 atom stereocenters. The Bertz CT molecular complexity index is 2620. The number of rotatable bonds is 16. The number of hydrogen-bond acceptors (Lipinski definition) is 14. The van der Waals surface area contributed by atoms with Crippen LogP contribution in [-0.4, -0.2) is 128 Å². The van der Waals surface area contributed by atoms with Crippen molar-refractivity contribution in [3.8, 4) is 5.88 Å². The summed E-state index contributed by atoms with van der Waals surface area (Å²) in [5.41, 5.74) is 1.91. The van der Waals surface area contributed by atoms with E-state index in [0.717, 1.165) is 42.7 Å². The number of nitrogens with zero attached hydrogens (tertiary/aromatic N) is 9. The van der Waals surface area contributed by atoms with Crippen LogP contribution in [0.5, 0.6) is 5.88 Å². The van der Waals surface area contributed by atoms with Crippen molar-refractivity contribution in [2.24, 2.45) is 5.92 Å². The first-order valence-electron chi connectivity index (χ1n) is 22.2. The molecule has 1 aliphatic carbocycles. The number of nitrogens with one attached hydrogen (secondary N) is 3. The monoisotopic (exact) mass is 908 g/mol. The molecule has 3 aliphatic heterocycles. The minimum Gasteiger partial charge on any atom is -0.478 e. The maximum atomic E-state index is 14.3. The number of hydrogen-bond donors (Lipinski definition) is 3. The maximum absolute atomic E-state index is 14.3. The van der Waals surface area contributed by atoms with Crippen molar-refractivity contribution in [3.05, 3.63) is 89.1 Å². The summed E-state index contributed by atoms with van der Waals surface area (Å²) in [6.07, 6.45) is 7.53. The van der Waals surface area contributed by atoms with Crippen LogP contribution in [0, 0.1) is 5.92 Å². The average molecular weight is 909 g/mol. The summed E-state index contributed by atoms with van der Waals surface area (Å²) < 4.78 is 42.9. The molecule has 0 radical (unpaired) electrons. The van der Waals surface area contributed by atoms with Gasteiger partial charge in [-0.05, 0) is 75.3 Å². The number of morpholine rings is 1. The molecule has 2 saturated heterocycles. The second-order valence-electron chi connectivity index (χ2n) is 17.1. The van der Waals surface area contributed by atoms with Crippen LogP contribution in [0.15, 0.2) is 61.2 Å². The molecule has 3 N–H and O–H groups in total. The Morgan fingerprint density at radius 3 is 2.58 bits per heavy atom. The molecule has 21 heteroatoms. The summed E-state index contributed by atoms with van der Waals surface area (Å²) in [4.78, 5) is 78.4. The molecular formula is C45H50F2N12O7. The molecule has 1 aromatic carbocycles. The number of amides is 5. The summed E-state index contributed by atoms with van der Waals surface area (Å²) in [6, 6.07) is 9.44. The van der Waals surface area contributed by atoms with Gasteiger partial charge in [0.25, 0.3) is 24.1 Å². The largest absolute Gasteiger partial charge is 0.478 e. The van der Waals surface area contributed by atoms with Gasteiger partial charge in [0, 0.05) is 69.5 Å². The standard InChI is InChI=1S/C45H50F2N12O7/c1-55(25-28-8-13-37(49-22-28)66-19-3-15-48-32-5-2-4-30-38(32)45(64)59(44(30)63)34-11-12-36(60)53-43(34)62)24-27-6-9-29(10-7-27)58-26-33(39(54-58)40(46)47)51-42(61)31-23-50-57-16-14-35(52-41(31)57)56-17-20-65-21-18-56/h2,4-5,8,13-14,16,22-23,26-27,29,34,40,48H,3,6-7,9-12,15,17-21,24-25H2,1H3,(H,51,61)(H,53,60,62)/t27-,29-,34?. The minimum absolute atomic E-state index is 0.0328. The Kier molecular flexibility index (Phi) is 13.0. The number of piperidine rings is 1. The minimum atomic E-state index is -2.88. The van der Waals surface area contributed by atoms with Gasteiger partial charge < -0.3 is 29.9 Å². The van der Waals surface area contributed by atoms with Crippen LogP contribution in [0.2, 0.25) is 0 Å². The third kappa shape index (κ3) is 9.43. The van der Waals surface area contributed by atoms with Gasteiger partial charge in [-0.1, -0.05) is 12.1 Å². The van der Waals surface area contributed by atoms with Crippen LogP contribution >= 0.6 is 0 Å². The molecule has 346 valence electrons. The van der Waals surface area contributed by atoms with Gasteiger partial charge in [0.1, 0.15) is 17.4 Å². The highest BCUT2D eigenvalue weighted by Crippen LogP contribution is 2.36. The van der Waals surface area contributed by atoms with Gasteiger partial charge in [-0.3, -0.25) is 38.9 Å². The Hall–Kier alpha value is -6.87. The highest BCUT2D eigenvalue weighted by Gasteiger charge is 2.45. The number of alkyl halides is 2. The quantitative estimate of drug-likeness (QED) is 0.0921. The lowest BCUT2D eigenvalue weighted by molar-refractivity contribution is -0.136. The first-order valence-corrected chi connectivity index (χ1v) is 22.2. The smallest absolute Gasteiger partial charge is 0.284 e. The van der Waals surface area contributed by atoms with Crippen LogP contribution in [-0.2, 0) is 20.9 Å². The third-order valence-electron chi connectivity index (χ3n) is 12.5. The number of imide groups is 2. The van der Waals surface area contributed by atoms with Gasteiger partial charge in [0.15, 0.2) is 11.3 Å². The number of fused-ring (bicyclic) bond motifs is 2. The zero-order valence-corrected chi connectivity index (χ0v) is 36.3. The molecule has 5 aromatic rings. The van der Waals surface area contributed by atoms with E-state index in [-0.39, 0.29) is 41.3 Å². The van der Waals surface area contributed by atoms with Gasteiger partial charge in [-0.25, -0.2) is 23.3 Å². The van der Waals surface area contributed by atoms with Gasteiger partial charge in [-0.15, -0.1) is 0 Å². The van der Waals surface area contributed by atoms with Gasteiger partial charge >= 0.3 is 0 Å². The summed E-state index contributed by atoms with van der Waals surface area (Å²) in [5.74, 6) is -1.24. The van der Waals surface area contributed by atoms with Crippen molar-refractivity contribution in [2.45, 2.75) is 70.0 Å². The lowest BCUT2D eigenvalue weighted by atomic mass is 9.86. The Morgan fingerprint density at radius 2 is 1.82 bits per heavy atom. The zero-order chi connectivity index (χ0) is 45.9. The summed E-state index contributed by atoms with van der Waals surface area (Å²) in [6.45, 7) is 4.80. The van der Waals surface area contributed by atoms with E-state index in [4.69, 9.17) is 9.47 Å². The summed E-state index contributed by atoms with van der Waals surface area (Å²) in [7, 11) is 2.06. The van der Waals surface area contributed by atoms with Gasteiger partial charge in [0.05, 0.1) is 48.9 Å². The third-order valence-corrected chi connectivity index (χ3v) is 12.5. The predicted octanol–water partition coefficient (Wildman–Crippen LogP) is 4.49. The van der Waals surface area contributed by atoms with E-state index in [1.807, 2.05) is 18.2 Å². The molecule has 4 aliphatic rings. The van der Waals surface area contributed by atoms with E-state index >= 15 is 0 Å². The molecule has 0 bridgehead atoms. The molecular weight excluding hydrogens is 859 g/mol. The predicted molar refractivity (Wildman–Crippen MR) is 234 cm³/mol. The topological polar surface area (TPSA) is 211 Å². The van der Waals surface area contributed by atoms with E-state index in [2.05, 4.69) is 53.0 Å². The lowest BCUT2D eigenvalue weighted by Gasteiger charge is -2.31. The summed E-state index contributed by atoms with van der Waals surface area (Å²) in [5, 5.41) is 16.6. The number of halogens is 2. The Labute approximate surface area is 377 Å². The van der Waals surface area contributed by atoms with E-state index in [9.17, 15) is 32.8 Å². The molecule has 66 heavy (non-hydrogen) atoms. The van der Waals surface area contributed by atoms with Crippen LogP contribution in [0.3, 0.4) is 0 Å².